The van der Waals surface area contributed by atoms with Gasteiger partial charge in [-0.15, -0.1) is 19.6 Å². The second-order valence-corrected chi connectivity index (χ2v) is 3.78. The Hall–Kier alpha value is -0.490. The van der Waals surface area contributed by atoms with Crippen molar-refractivity contribution in [3.63, 3.8) is 0 Å². The maximum absolute atomic E-state index is 8.70. The highest BCUT2D eigenvalue weighted by Crippen LogP contribution is 2.08. The lowest BCUT2D eigenvalue weighted by Crippen LogP contribution is -1.94. The molecular formula is C7H12ClNO6P2+2. The van der Waals surface area contributed by atoms with Gasteiger partial charge in [0.2, 0.25) is 0 Å². The molecule has 0 radical (unpaired) electrons. The summed E-state index contributed by atoms with van der Waals surface area (Å²) in [4.78, 5) is 28.5. The van der Waals surface area contributed by atoms with E-state index < -0.39 is 16.5 Å². The van der Waals surface area contributed by atoms with Crippen molar-refractivity contribution >= 4 is 28.1 Å². The molecular weight excluding hydrogens is 291 g/mol. The zero-order valence-corrected chi connectivity index (χ0v) is 11.0. The van der Waals surface area contributed by atoms with Crippen molar-refractivity contribution in [2.45, 2.75) is 6.54 Å². The topological polar surface area (TPSA) is 141 Å². The molecule has 0 aliphatic rings. The second-order valence-electron chi connectivity index (χ2n) is 2.34. The van der Waals surface area contributed by atoms with Crippen molar-refractivity contribution in [2.24, 2.45) is 5.73 Å². The number of hydrogen-bond donors (Lipinski definition) is 5. The first-order valence-electron chi connectivity index (χ1n) is 3.94. The number of halogens is 1. The fraction of sp³-hybridized carbons (Fsp3) is 0.143. The molecule has 0 heterocycles. The molecule has 10 heteroatoms. The predicted molar refractivity (Wildman–Crippen MR) is 63.4 cm³/mol. The van der Waals surface area contributed by atoms with Crippen LogP contribution < -0.4 is 5.73 Å². The number of rotatable bonds is 1. The third-order valence-corrected chi connectivity index (χ3v) is 1.40. The van der Waals surface area contributed by atoms with Crippen molar-refractivity contribution in [3.8, 4) is 0 Å². The Labute approximate surface area is 104 Å². The van der Waals surface area contributed by atoms with Gasteiger partial charge in [-0.25, -0.2) is 0 Å². The molecule has 0 aromatic heterocycles. The van der Waals surface area contributed by atoms with Gasteiger partial charge in [0.25, 0.3) is 0 Å². The molecule has 1 rings (SSSR count). The van der Waals surface area contributed by atoms with E-state index in [9.17, 15) is 0 Å². The molecule has 0 saturated heterocycles. The van der Waals surface area contributed by atoms with Gasteiger partial charge >= 0.3 is 16.5 Å². The summed E-state index contributed by atoms with van der Waals surface area (Å²) < 4.78 is 17.4. The van der Waals surface area contributed by atoms with Crippen LogP contribution in [0.25, 0.3) is 0 Å². The van der Waals surface area contributed by atoms with Gasteiger partial charge in [0.15, 0.2) is 0 Å². The van der Waals surface area contributed by atoms with Crippen LogP contribution in [0.1, 0.15) is 5.56 Å². The van der Waals surface area contributed by atoms with Crippen LogP contribution in [0.4, 0.5) is 0 Å². The van der Waals surface area contributed by atoms with Gasteiger partial charge in [-0.2, -0.15) is 0 Å². The van der Waals surface area contributed by atoms with Crippen LogP contribution in [0.5, 0.6) is 0 Å². The summed E-state index contributed by atoms with van der Waals surface area (Å²) in [5, 5.41) is 0.757. The second kappa shape index (κ2) is 12.0. The minimum absolute atomic E-state index is 0.581. The van der Waals surface area contributed by atoms with Crippen LogP contribution in [-0.4, -0.2) is 19.6 Å². The fourth-order valence-electron chi connectivity index (χ4n) is 0.620. The molecule has 0 amide bonds. The van der Waals surface area contributed by atoms with Gasteiger partial charge in [-0.1, -0.05) is 23.7 Å². The van der Waals surface area contributed by atoms with E-state index in [2.05, 4.69) is 0 Å². The Kier molecular flexibility index (Phi) is 13.3. The summed E-state index contributed by atoms with van der Waals surface area (Å²) in [6, 6.07) is 7.51. The molecule has 17 heavy (non-hydrogen) atoms. The van der Waals surface area contributed by atoms with Crippen molar-refractivity contribution in [1.82, 2.24) is 0 Å². The first-order chi connectivity index (χ1) is 7.79. The highest BCUT2D eigenvalue weighted by atomic mass is 35.5. The van der Waals surface area contributed by atoms with E-state index in [1.165, 1.54) is 0 Å². The molecule has 96 valence electrons. The summed E-state index contributed by atoms with van der Waals surface area (Å²) in [5.74, 6) is 0. The first kappa shape index (κ1) is 18.9. The molecule has 0 aliphatic heterocycles. The SMILES string of the molecule is NCc1ccc(Cl)cc1.O=[P+](O)O.O=[P+](O)O. The van der Waals surface area contributed by atoms with Crippen LogP contribution in [-0.2, 0) is 15.7 Å². The quantitative estimate of drug-likeness (QED) is 0.488. The third kappa shape index (κ3) is 21.4. The first-order valence-corrected chi connectivity index (χ1v) is 6.65. The van der Waals surface area contributed by atoms with Crippen molar-refractivity contribution in [1.29, 1.82) is 0 Å². The van der Waals surface area contributed by atoms with Crippen molar-refractivity contribution in [2.75, 3.05) is 0 Å². The Morgan fingerprint density at radius 2 is 1.29 bits per heavy atom. The lowest BCUT2D eigenvalue weighted by atomic mass is 10.2. The molecule has 7 nitrogen and oxygen atoms in total. The standard InChI is InChI=1S/C7H8ClN.2HO3P/c8-7-3-1-6(5-9)2-4-7;2*1-4(2)3/h1-4H,5,9H2;2*(H-,1,2,3)/p+2. The summed E-state index contributed by atoms with van der Waals surface area (Å²) in [6.45, 7) is 0.581. The van der Waals surface area contributed by atoms with Crippen LogP contribution in [0.2, 0.25) is 5.02 Å². The highest BCUT2D eigenvalue weighted by Gasteiger charge is 1.93. The summed E-state index contributed by atoms with van der Waals surface area (Å²) >= 11 is 5.63. The summed E-state index contributed by atoms with van der Waals surface area (Å²) in [6.07, 6.45) is 0. The maximum Gasteiger partial charge on any atom is 0.692 e. The largest absolute Gasteiger partial charge is 0.692 e. The Morgan fingerprint density at radius 3 is 1.53 bits per heavy atom. The van der Waals surface area contributed by atoms with E-state index in [0.717, 1.165) is 10.6 Å². The highest BCUT2D eigenvalue weighted by molar-refractivity contribution is 7.31. The lowest BCUT2D eigenvalue weighted by Gasteiger charge is -1.93. The van der Waals surface area contributed by atoms with Gasteiger partial charge in [-0.05, 0) is 17.7 Å². The fourth-order valence-corrected chi connectivity index (χ4v) is 0.746. The molecule has 1 aromatic carbocycles. The van der Waals surface area contributed by atoms with E-state index in [0.29, 0.717) is 6.54 Å². The monoisotopic (exact) mass is 303 g/mol. The smallest absolute Gasteiger partial charge is 0.326 e. The zero-order valence-electron chi connectivity index (χ0n) is 8.47. The Morgan fingerprint density at radius 1 is 1.00 bits per heavy atom. The van der Waals surface area contributed by atoms with E-state index in [-0.39, 0.29) is 0 Å². The molecule has 0 unspecified atom stereocenters. The van der Waals surface area contributed by atoms with E-state index >= 15 is 0 Å². The van der Waals surface area contributed by atoms with Gasteiger partial charge in [0.05, 0.1) is 0 Å². The molecule has 6 N–H and O–H groups in total. The van der Waals surface area contributed by atoms with Crippen molar-refractivity contribution in [3.05, 3.63) is 34.9 Å². The molecule has 1 aromatic rings. The third-order valence-electron chi connectivity index (χ3n) is 1.15. The molecule has 0 bridgehead atoms. The van der Waals surface area contributed by atoms with Gasteiger partial charge in [-0.3, -0.25) is 0 Å². The van der Waals surface area contributed by atoms with Crippen LogP contribution in [0, 0.1) is 0 Å². The van der Waals surface area contributed by atoms with Gasteiger partial charge in [0, 0.05) is 20.7 Å². The number of nitrogens with two attached hydrogens (primary N) is 1. The summed E-state index contributed by atoms with van der Waals surface area (Å²) in [7, 11) is -5.74. The van der Waals surface area contributed by atoms with Crippen molar-refractivity contribution < 1.29 is 28.7 Å². The van der Waals surface area contributed by atoms with Gasteiger partial charge < -0.3 is 5.73 Å². The van der Waals surface area contributed by atoms with E-state index in [1.807, 2.05) is 24.3 Å². The normalized spacial score (nSPS) is 8.12. The van der Waals surface area contributed by atoms with Crippen LogP contribution >= 0.6 is 28.1 Å². The minimum atomic E-state index is -2.87. The maximum atomic E-state index is 8.70. The Bertz CT molecular complexity index is 327. The number of benzene rings is 1. The van der Waals surface area contributed by atoms with E-state index in [4.69, 9.17) is 46.0 Å². The molecule has 0 spiro atoms. The minimum Gasteiger partial charge on any atom is -0.326 e. The number of hydrogen-bond acceptors (Lipinski definition) is 3. The molecule has 0 aliphatic carbocycles. The average molecular weight is 304 g/mol. The Balaban J connectivity index is 0. The molecule has 0 atom stereocenters. The molecule has 0 fully saturated rings. The van der Waals surface area contributed by atoms with E-state index in [1.54, 1.807) is 0 Å². The predicted octanol–water partition coefficient (Wildman–Crippen LogP) is 1.06. The molecule has 0 saturated carbocycles. The van der Waals surface area contributed by atoms with Crippen LogP contribution in [0.15, 0.2) is 24.3 Å². The van der Waals surface area contributed by atoms with Gasteiger partial charge in [0.1, 0.15) is 0 Å². The van der Waals surface area contributed by atoms with Crippen LogP contribution in [0.3, 0.4) is 0 Å². The summed E-state index contributed by atoms with van der Waals surface area (Å²) in [5.41, 5.74) is 6.47. The zero-order chi connectivity index (χ0) is 13.8. The lowest BCUT2D eigenvalue weighted by molar-refractivity contribution is 0.403. The average Bonchev–Trinajstić information content (AvgIpc) is 2.17.